The Morgan fingerprint density at radius 1 is 0.912 bits per heavy atom. The smallest absolute Gasteiger partial charge is 0.305 e. The van der Waals surface area contributed by atoms with E-state index in [2.05, 4.69) is 10.6 Å². The van der Waals surface area contributed by atoms with Crippen LogP contribution >= 0.6 is 12.2 Å². The van der Waals surface area contributed by atoms with E-state index >= 15 is 0 Å². The molecule has 0 unspecified atom stereocenters. The molecule has 0 aliphatic carbocycles. The van der Waals surface area contributed by atoms with Gasteiger partial charge in [-0.3, -0.25) is 14.4 Å². The molecule has 2 N–H and O–H groups in total. The van der Waals surface area contributed by atoms with Crippen LogP contribution in [-0.2, 0) is 20.7 Å². The fourth-order valence-corrected chi connectivity index (χ4v) is 3.95. The predicted octanol–water partition coefficient (Wildman–Crippen LogP) is 4.08. The number of nitrogens with one attached hydrogen (secondary N) is 2. The van der Waals surface area contributed by atoms with Crippen LogP contribution in [0.25, 0.3) is 0 Å². The average molecular weight is 482 g/mol. The molecule has 2 amide bonds. The van der Waals surface area contributed by atoms with Gasteiger partial charge in [-0.05, 0) is 74.2 Å². The van der Waals surface area contributed by atoms with E-state index in [9.17, 15) is 14.4 Å². The number of carbonyl (C=O) groups is 3. The van der Waals surface area contributed by atoms with Gasteiger partial charge in [0.15, 0.2) is 5.11 Å². The normalized spacial score (nSPS) is 12.8. The van der Waals surface area contributed by atoms with Crippen LogP contribution in [0.5, 0.6) is 0 Å². The highest BCUT2D eigenvalue weighted by Crippen LogP contribution is 2.15. The van der Waals surface area contributed by atoms with Gasteiger partial charge < -0.3 is 20.3 Å². The SMILES string of the molecule is O=C(CCCC(=O)OCCCc1ccccc1)NC(=S)Nc1ccc(C(=O)N2CCCC2)cc1. The molecule has 3 rings (SSSR count). The van der Waals surface area contributed by atoms with Gasteiger partial charge in [0.25, 0.3) is 5.91 Å². The van der Waals surface area contributed by atoms with E-state index in [1.807, 2.05) is 35.2 Å². The molecule has 1 aliphatic heterocycles. The number of carbonyl (C=O) groups excluding carboxylic acids is 3. The number of nitrogens with zero attached hydrogens (tertiary/aromatic N) is 1. The van der Waals surface area contributed by atoms with Crippen molar-refractivity contribution in [1.82, 2.24) is 10.2 Å². The Balaban J connectivity index is 1.27. The Labute approximate surface area is 205 Å². The summed E-state index contributed by atoms with van der Waals surface area (Å²) in [5.74, 6) is -0.532. The minimum Gasteiger partial charge on any atom is -0.466 e. The second-order valence-electron chi connectivity index (χ2n) is 8.24. The number of ether oxygens (including phenoxy) is 1. The van der Waals surface area contributed by atoms with Gasteiger partial charge in [0.1, 0.15) is 0 Å². The van der Waals surface area contributed by atoms with Gasteiger partial charge in [0.2, 0.25) is 5.91 Å². The van der Waals surface area contributed by atoms with E-state index in [-0.39, 0.29) is 35.7 Å². The number of hydrogen-bond acceptors (Lipinski definition) is 5. The van der Waals surface area contributed by atoms with Crippen molar-refractivity contribution in [2.24, 2.45) is 0 Å². The van der Waals surface area contributed by atoms with E-state index in [4.69, 9.17) is 17.0 Å². The molecule has 0 aromatic heterocycles. The average Bonchev–Trinajstić information content (AvgIpc) is 3.37. The van der Waals surface area contributed by atoms with Crippen molar-refractivity contribution in [3.05, 3.63) is 65.7 Å². The fourth-order valence-electron chi connectivity index (χ4n) is 3.72. The second kappa shape index (κ2) is 13.4. The summed E-state index contributed by atoms with van der Waals surface area (Å²) in [6.07, 6.45) is 4.47. The van der Waals surface area contributed by atoms with Crippen LogP contribution in [0.15, 0.2) is 54.6 Å². The number of likely N-dealkylation sites (tertiary alicyclic amines) is 1. The molecule has 2 aromatic rings. The molecule has 34 heavy (non-hydrogen) atoms. The number of amides is 2. The van der Waals surface area contributed by atoms with Gasteiger partial charge in [0.05, 0.1) is 6.61 Å². The van der Waals surface area contributed by atoms with Crippen LogP contribution in [0, 0.1) is 0 Å². The van der Waals surface area contributed by atoms with Crippen molar-refractivity contribution in [1.29, 1.82) is 0 Å². The van der Waals surface area contributed by atoms with Crippen LogP contribution in [0.3, 0.4) is 0 Å². The van der Waals surface area contributed by atoms with E-state index in [1.165, 1.54) is 5.56 Å². The van der Waals surface area contributed by atoms with Gasteiger partial charge in [-0.2, -0.15) is 0 Å². The maximum atomic E-state index is 12.4. The summed E-state index contributed by atoms with van der Waals surface area (Å²) in [4.78, 5) is 38.2. The zero-order valence-electron chi connectivity index (χ0n) is 19.3. The molecule has 1 fully saturated rings. The Hall–Kier alpha value is -3.26. The van der Waals surface area contributed by atoms with Crippen LogP contribution in [-0.4, -0.2) is 47.5 Å². The van der Waals surface area contributed by atoms with E-state index in [0.717, 1.165) is 38.8 Å². The molecule has 1 saturated heterocycles. The van der Waals surface area contributed by atoms with Crippen LogP contribution in [0.4, 0.5) is 5.69 Å². The molecule has 0 atom stereocenters. The Kier molecular flexibility index (Phi) is 10.0. The number of thiocarbonyl (C=S) groups is 1. The number of esters is 1. The van der Waals surface area contributed by atoms with E-state index < -0.39 is 0 Å². The molecule has 7 nitrogen and oxygen atoms in total. The standard InChI is InChI=1S/C26H31N3O4S/c30-23(11-6-12-24(31)33-19-7-10-20-8-2-1-3-9-20)28-26(34)27-22-15-13-21(14-16-22)25(32)29-17-4-5-18-29/h1-3,8-9,13-16H,4-7,10-12,17-19H2,(H2,27,28,30,34). The lowest BCUT2D eigenvalue weighted by molar-refractivity contribution is -0.143. The summed E-state index contributed by atoms with van der Waals surface area (Å²) < 4.78 is 5.23. The summed E-state index contributed by atoms with van der Waals surface area (Å²) in [7, 11) is 0. The molecule has 180 valence electrons. The second-order valence-corrected chi connectivity index (χ2v) is 8.65. The van der Waals surface area contributed by atoms with Crippen LogP contribution in [0.1, 0.15) is 54.4 Å². The molecular formula is C26H31N3O4S. The molecule has 8 heteroatoms. The summed E-state index contributed by atoms with van der Waals surface area (Å²) >= 11 is 5.19. The quantitative estimate of drug-likeness (QED) is 0.302. The number of rotatable bonds is 10. The Bertz CT molecular complexity index is 973. The maximum Gasteiger partial charge on any atom is 0.305 e. The van der Waals surface area contributed by atoms with Crippen molar-refractivity contribution in [2.75, 3.05) is 25.0 Å². The number of anilines is 1. The largest absolute Gasteiger partial charge is 0.466 e. The molecule has 2 aromatic carbocycles. The van der Waals surface area contributed by atoms with Crippen molar-refractivity contribution in [2.45, 2.75) is 44.9 Å². The Morgan fingerprint density at radius 2 is 1.62 bits per heavy atom. The summed E-state index contributed by atoms with van der Waals surface area (Å²) in [5.41, 5.74) is 2.53. The highest BCUT2D eigenvalue weighted by Gasteiger charge is 2.19. The first-order valence-corrected chi connectivity index (χ1v) is 12.1. The van der Waals surface area contributed by atoms with E-state index in [1.54, 1.807) is 24.3 Å². The van der Waals surface area contributed by atoms with Gasteiger partial charge >= 0.3 is 5.97 Å². The maximum absolute atomic E-state index is 12.4. The molecule has 1 heterocycles. The minimum absolute atomic E-state index is 0.0367. The van der Waals surface area contributed by atoms with E-state index in [0.29, 0.717) is 24.3 Å². The topological polar surface area (TPSA) is 87.7 Å². The van der Waals surface area contributed by atoms with Crippen molar-refractivity contribution in [3.63, 3.8) is 0 Å². The van der Waals surface area contributed by atoms with Gasteiger partial charge in [-0.25, -0.2) is 0 Å². The number of hydrogen-bond donors (Lipinski definition) is 2. The molecular weight excluding hydrogens is 450 g/mol. The highest BCUT2D eigenvalue weighted by atomic mass is 32.1. The molecule has 0 saturated carbocycles. The third kappa shape index (κ3) is 8.59. The molecule has 0 bridgehead atoms. The fraction of sp³-hybridized carbons (Fsp3) is 0.385. The first kappa shape index (κ1) is 25.4. The lowest BCUT2D eigenvalue weighted by Gasteiger charge is -2.15. The van der Waals surface area contributed by atoms with Crippen LogP contribution < -0.4 is 10.6 Å². The number of aryl methyl sites for hydroxylation is 1. The van der Waals surface area contributed by atoms with Crippen molar-refractivity contribution < 1.29 is 19.1 Å². The van der Waals surface area contributed by atoms with Gasteiger partial charge in [-0.1, -0.05) is 30.3 Å². The zero-order chi connectivity index (χ0) is 24.2. The first-order valence-electron chi connectivity index (χ1n) is 11.7. The van der Waals surface area contributed by atoms with Gasteiger partial charge in [-0.15, -0.1) is 0 Å². The lowest BCUT2D eigenvalue weighted by atomic mass is 10.1. The van der Waals surface area contributed by atoms with Gasteiger partial charge in [0, 0.05) is 37.2 Å². The molecule has 1 aliphatic rings. The monoisotopic (exact) mass is 481 g/mol. The summed E-state index contributed by atoms with van der Waals surface area (Å²) in [5, 5.41) is 5.72. The third-order valence-electron chi connectivity index (χ3n) is 5.54. The summed E-state index contributed by atoms with van der Waals surface area (Å²) in [6, 6.07) is 17.1. The minimum atomic E-state index is -0.301. The third-order valence-corrected chi connectivity index (χ3v) is 5.74. The summed E-state index contributed by atoms with van der Waals surface area (Å²) in [6.45, 7) is 1.98. The zero-order valence-corrected chi connectivity index (χ0v) is 20.1. The highest BCUT2D eigenvalue weighted by molar-refractivity contribution is 7.80. The first-order chi connectivity index (χ1) is 16.5. The van der Waals surface area contributed by atoms with Crippen LogP contribution in [0.2, 0.25) is 0 Å². The van der Waals surface area contributed by atoms with Crippen molar-refractivity contribution >= 4 is 40.8 Å². The molecule has 0 radical (unpaired) electrons. The molecule has 0 spiro atoms. The predicted molar refractivity (Wildman–Crippen MR) is 136 cm³/mol. The Morgan fingerprint density at radius 3 is 2.32 bits per heavy atom. The van der Waals surface area contributed by atoms with Crippen molar-refractivity contribution in [3.8, 4) is 0 Å². The number of benzene rings is 2. The lowest BCUT2D eigenvalue weighted by Crippen LogP contribution is -2.34.